The molecule has 0 heterocycles. The third kappa shape index (κ3) is 7.74. The Hall–Kier alpha value is -1.20. The molecule has 1 rings (SSSR count). The number of nitrogens with one attached hydrogen (secondary N) is 1. The van der Waals surface area contributed by atoms with Gasteiger partial charge in [0.2, 0.25) is 5.91 Å². The normalized spacial score (nSPS) is 9.84. The second-order valence-electron chi connectivity index (χ2n) is 4.16. The van der Waals surface area contributed by atoms with Crippen molar-refractivity contribution < 1.29 is 13.6 Å². The maximum Gasteiger partial charge on any atom is 0.224 e. The van der Waals surface area contributed by atoms with Crippen molar-refractivity contribution in [3.05, 3.63) is 29.8 Å². The van der Waals surface area contributed by atoms with Crippen LogP contribution in [0.5, 0.6) is 0 Å². The minimum Gasteiger partial charge on any atom is -0.330 e. The number of halogens is 3. The molecule has 0 unspecified atom stereocenters. The summed E-state index contributed by atoms with van der Waals surface area (Å²) in [5, 5.41) is 2.47. The number of carbonyl (C=O) groups is 1. The molecule has 1 aromatic rings. The quantitative estimate of drug-likeness (QED) is 0.758. The molecule has 0 saturated carbocycles. The van der Waals surface area contributed by atoms with Crippen molar-refractivity contribution >= 4 is 24.0 Å². The number of hydrogen-bond acceptors (Lipinski definition) is 2. The Labute approximate surface area is 118 Å². The van der Waals surface area contributed by atoms with E-state index in [2.05, 4.69) is 5.32 Å². The van der Waals surface area contributed by atoms with Gasteiger partial charge in [-0.05, 0) is 31.5 Å². The topological polar surface area (TPSA) is 55.1 Å². The Balaban J connectivity index is 0.00000324. The van der Waals surface area contributed by atoms with Crippen LogP contribution in [-0.4, -0.2) is 12.5 Å². The van der Waals surface area contributed by atoms with Crippen molar-refractivity contribution in [2.45, 2.75) is 32.1 Å². The van der Waals surface area contributed by atoms with Crippen LogP contribution in [0.3, 0.4) is 0 Å². The first-order valence-electron chi connectivity index (χ1n) is 6.08. The maximum absolute atomic E-state index is 12.9. The lowest BCUT2D eigenvalue weighted by atomic mass is 10.1. The molecule has 108 valence electrons. The zero-order valence-corrected chi connectivity index (χ0v) is 11.4. The first-order valence-corrected chi connectivity index (χ1v) is 6.08. The molecule has 0 fully saturated rings. The van der Waals surface area contributed by atoms with E-state index in [0.29, 0.717) is 13.0 Å². The van der Waals surface area contributed by atoms with Gasteiger partial charge in [0.25, 0.3) is 0 Å². The molecule has 0 aliphatic rings. The van der Waals surface area contributed by atoms with E-state index in [-0.39, 0.29) is 24.0 Å². The number of unbranched alkanes of at least 4 members (excludes halogenated alkanes) is 3. The lowest BCUT2D eigenvalue weighted by Crippen LogP contribution is -2.11. The Morgan fingerprint density at radius 2 is 1.63 bits per heavy atom. The van der Waals surface area contributed by atoms with Crippen molar-refractivity contribution in [1.82, 2.24) is 0 Å². The highest BCUT2D eigenvalue weighted by Crippen LogP contribution is 2.13. The molecule has 3 N–H and O–H groups in total. The van der Waals surface area contributed by atoms with Crippen LogP contribution in [0, 0.1) is 11.6 Å². The largest absolute Gasteiger partial charge is 0.330 e. The van der Waals surface area contributed by atoms with Gasteiger partial charge in [0.1, 0.15) is 11.6 Å². The van der Waals surface area contributed by atoms with Gasteiger partial charge in [0.05, 0.1) is 0 Å². The lowest BCUT2D eigenvalue weighted by Gasteiger charge is -2.05. The minimum atomic E-state index is -0.701. The molecule has 0 aromatic heterocycles. The second-order valence-corrected chi connectivity index (χ2v) is 4.16. The highest BCUT2D eigenvalue weighted by molar-refractivity contribution is 5.90. The lowest BCUT2D eigenvalue weighted by molar-refractivity contribution is -0.116. The van der Waals surface area contributed by atoms with Gasteiger partial charge in [-0.2, -0.15) is 0 Å². The van der Waals surface area contributed by atoms with E-state index in [0.717, 1.165) is 43.9 Å². The molecule has 1 aromatic carbocycles. The predicted molar refractivity (Wildman–Crippen MR) is 74.4 cm³/mol. The summed E-state index contributed by atoms with van der Waals surface area (Å²) >= 11 is 0. The standard InChI is InChI=1S/C13H18F2N2O.ClH/c14-10-7-11(15)9-12(8-10)17-13(18)5-3-1-2-4-6-16;/h7-9H,1-6,16H2,(H,17,18);1H. The van der Waals surface area contributed by atoms with Crippen molar-refractivity contribution in [3.8, 4) is 0 Å². The number of rotatable bonds is 7. The summed E-state index contributed by atoms with van der Waals surface area (Å²) in [6.07, 6.45) is 3.99. The molecule has 0 atom stereocenters. The van der Waals surface area contributed by atoms with Crippen LogP contribution in [-0.2, 0) is 4.79 Å². The van der Waals surface area contributed by atoms with Gasteiger partial charge in [0.15, 0.2) is 0 Å². The van der Waals surface area contributed by atoms with E-state index in [4.69, 9.17) is 5.73 Å². The summed E-state index contributed by atoms with van der Waals surface area (Å²) in [4.78, 5) is 11.5. The fraction of sp³-hybridized carbons (Fsp3) is 0.462. The number of hydrogen-bond donors (Lipinski definition) is 2. The minimum absolute atomic E-state index is 0. The zero-order valence-electron chi connectivity index (χ0n) is 10.6. The van der Waals surface area contributed by atoms with Crippen LogP contribution >= 0.6 is 12.4 Å². The van der Waals surface area contributed by atoms with Crippen LogP contribution in [0.1, 0.15) is 32.1 Å². The van der Waals surface area contributed by atoms with Crippen LogP contribution in [0.2, 0.25) is 0 Å². The Kier molecular flexibility index (Phi) is 9.08. The molecule has 0 aliphatic heterocycles. The van der Waals surface area contributed by atoms with Crippen molar-refractivity contribution in [2.24, 2.45) is 5.73 Å². The number of amides is 1. The molecular weight excluding hydrogens is 274 g/mol. The van der Waals surface area contributed by atoms with E-state index in [9.17, 15) is 13.6 Å². The summed E-state index contributed by atoms with van der Waals surface area (Å²) in [5.41, 5.74) is 5.50. The average molecular weight is 293 g/mol. The fourth-order valence-electron chi connectivity index (χ4n) is 1.63. The molecule has 0 spiro atoms. The van der Waals surface area contributed by atoms with Gasteiger partial charge >= 0.3 is 0 Å². The summed E-state index contributed by atoms with van der Waals surface area (Å²) in [6, 6.07) is 2.95. The first kappa shape index (κ1) is 17.8. The molecule has 0 radical (unpaired) electrons. The van der Waals surface area contributed by atoms with Crippen molar-refractivity contribution in [2.75, 3.05) is 11.9 Å². The molecular formula is C13H19ClF2N2O. The number of anilines is 1. The molecule has 1 amide bonds. The smallest absolute Gasteiger partial charge is 0.224 e. The molecule has 0 aliphatic carbocycles. The van der Waals surface area contributed by atoms with Gasteiger partial charge < -0.3 is 11.1 Å². The Bertz CT molecular complexity index is 382. The van der Waals surface area contributed by atoms with Crippen molar-refractivity contribution in [3.63, 3.8) is 0 Å². The maximum atomic E-state index is 12.9. The Morgan fingerprint density at radius 1 is 1.05 bits per heavy atom. The summed E-state index contributed by atoms with van der Waals surface area (Å²) < 4.78 is 25.7. The van der Waals surface area contributed by atoms with Gasteiger partial charge in [-0.15, -0.1) is 12.4 Å². The molecule has 0 bridgehead atoms. The summed E-state index contributed by atoms with van der Waals surface area (Å²) in [5.74, 6) is -1.63. The molecule has 6 heteroatoms. The van der Waals surface area contributed by atoms with Crippen LogP contribution in [0.15, 0.2) is 18.2 Å². The number of benzene rings is 1. The highest BCUT2D eigenvalue weighted by Gasteiger charge is 2.05. The summed E-state index contributed by atoms with van der Waals surface area (Å²) in [7, 11) is 0. The monoisotopic (exact) mass is 292 g/mol. The molecule has 19 heavy (non-hydrogen) atoms. The van der Waals surface area contributed by atoms with Gasteiger partial charge in [-0.3, -0.25) is 4.79 Å². The van der Waals surface area contributed by atoms with Crippen LogP contribution < -0.4 is 11.1 Å². The second kappa shape index (κ2) is 9.69. The van der Waals surface area contributed by atoms with E-state index in [1.54, 1.807) is 0 Å². The van der Waals surface area contributed by atoms with Crippen molar-refractivity contribution in [1.29, 1.82) is 0 Å². The zero-order chi connectivity index (χ0) is 13.4. The SMILES string of the molecule is Cl.NCCCCCCC(=O)Nc1cc(F)cc(F)c1. The highest BCUT2D eigenvalue weighted by atomic mass is 35.5. The average Bonchev–Trinajstić information content (AvgIpc) is 2.27. The number of carbonyl (C=O) groups excluding carboxylic acids is 1. The Morgan fingerprint density at radius 3 is 2.21 bits per heavy atom. The van der Waals surface area contributed by atoms with E-state index < -0.39 is 11.6 Å². The third-order valence-corrected chi connectivity index (χ3v) is 2.50. The molecule has 0 saturated heterocycles. The van der Waals surface area contributed by atoms with E-state index in [1.165, 1.54) is 0 Å². The predicted octanol–water partition coefficient (Wildman–Crippen LogP) is 3.23. The fourth-order valence-corrected chi connectivity index (χ4v) is 1.63. The van der Waals surface area contributed by atoms with E-state index in [1.807, 2.05) is 0 Å². The van der Waals surface area contributed by atoms with E-state index >= 15 is 0 Å². The number of nitrogens with two attached hydrogens (primary N) is 1. The first-order chi connectivity index (χ1) is 8.61. The van der Waals surface area contributed by atoms with Gasteiger partial charge in [-0.1, -0.05) is 12.8 Å². The summed E-state index contributed by atoms with van der Waals surface area (Å²) in [6.45, 7) is 0.661. The molecule has 3 nitrogen and oxygen atoms in total. The third-order valence-electron chi connectivity index (χ3n) is 2.50. The van der Waals surface area contributed by atoms with Crippen LogP contribution in [0.4, 0.5) is 14.5 Å². The van der Waals surface area contributed by atoms with Gasteiger partial charge in [0, 0.05) is 18.2 Å². The van der Waals surface area contributed by atoms with Crippen LogP contribution in [0.25, 0.3) is 0 Å². The van der Waals surface area contributed by atoms with Gasteiger partial charge in [-0.25, -0.2) is 8.78 Å².